The number of rotatable bonds is 4. The summed E-state index contributed by atoms with van der Waals surface area (Å²) in [4.78, 5) is 2.55. The minimum Gasteiger partial charge on any atom is -0.384 e. The lowest BCUT2D eigenvalue weighted by Gasteiger charge is -2.35. The van der Waals surface area contributed by atoms with Gasteiger partial charge in [0.2, 0.25) is 0 Å². The third-order valence-corrected chi connectivity index (χ3v) is 3.45. The normalized spacial score (nSPS) is 31.7. The summed E-state index contributed by atoms with van der Waals surface area (Å²) in [7, 11) is 1.81. The van der Waals surface area contributed by atoms with Gasteiger partial charge in [0, 0.05) is 31.7 Å². The summed E-state index contributed by atoms with van der Waals surface area (Å²) >= 11 is 0. The Hall–Kier alpha value is -0.120. The fourth-order valence-electron chi connectivity index (χ4n) is 2.26. The maximum atomic E-state index is 5.43. The highest BCUT2D eigenvalue weighted by atomic mass is 16.5. The Morgan fingerprint density at radius 2 is 2.29 bits per heavy atom. The molecule has 1 saturated carbocycles. The zero-order valence-corrected chi connectivity index (χ0v) is 9.29. The molecule has 1 saturated heterocycles. The van der Waals surface area contributed by atoms with Crippen LogP contribution in [0.5, 0.6) is 0 Å². The van der Waals surface area contributed by atoms with Gasteiger partial charge in [0.15, 0.2) is 0 Å². The monoisotopic (exact) mass is 199 g/mol. The molecule has 0 bridgehead atoms. The van der Waals surface area contributed by atoms with Crippen molar-refractivity contribution in [2.45, 2.75) is 25.8 Å². The van der Waals surface area contributed by atoms with Gasteiger partial charge in [-0.05, 0) is 19.8 Å². The highest BCUT2D eigenvalue weighted by Crippen LogP contribution is 2.46. The number of methoxy groups -OCH3 is 1. The van der Waals surface area contributed by atoms with Crippen LogP contribution in [-0.4, -0.2) is 51.0 Å². The quantitative estimate of drug-likeness (QED) is 0.677. The van der Waals surface area contributed by atoms with Gasteiger partial charge in [0.05, 0.1) is 19.8 Å². The molecule has 2 aliphatic rings. The molecule has 0 spiro atoms. The maximum Gasteiger partial charge on any atom is 0.0619 e. The van der Waals surface area contributed by atoms with Gasteiger partial charge in [-0.15, -0.1) is 0 Å². The number of ether oxygens (including phenoxy) is 2. The largest absolute Gasteiger partial charge is 0.384 e. The Kier molecular flexibility index (Phi) is 3.10. The molecule has 0 N–H and O–H groups in total. The van der Waals surface area contributed by atoms with Crippen molar-refractivity contribution in [2.75, 3.05) is 40.0 Å². The van der Waals surface area contributed by atoms with Gasteiger partial charge in [-0.3, -0.25) is 4.90 Å². The second-order valence-corrected chi connectivity index (χ2v) is 4.83. The lowest BCUT2D eigenvalue weighted by Crippen LogP contribution is -2.46. The molecule has 0 unspecified atom stereocenters. The average molecular weight is 199 g/mol. The van der Waals surface area contributed by atoms with Crippen LogP contribution in [0.25, 0.3) is 0 Å². The molecule has 1 heterocycles. The van der Waals surface area contributed by atoms with Crippen LogP contribution >= 0.6 is 0 Å². The van der Waals surface area contributed by atoms with E-state index in [-0.39, 0.29) is 0 Å². The van der Waals surface area contributed by atoms with Crippen LogP contribution in [0.15, 0.2) is 0 Å². The van der Waals surface area contributed by atoms with Gasteiger partial charge in [-0.25, -0.2) is 0 Å². The van der Waals surface area contributed by atoms with E-state index in [9.17, 15) is 0 Å². The van der Waals surface area contributed by atoms with Crippen molar-refractivity contribution in [3.63, 3.8) is 0 Å². The van der Waals surface area contributed by atoms with Gasteiger partial charge in [0.25, 0.3) is 0 Å². The van der Waals surface area contributed by atoms with E-state index in [2.05, 4.69) is 11.8 Å². The van der Waals surface area contributed by atoms with Crippen molar-refractivity contribution >= 4 is 0 Å². The van der Waals surface area contributed by atoms with E-state index in [4.69, 9.17) is 9.47 Å². The van der Waals surface area contributed by atoms with Crippen molar-refractivity contribution in [3.05, 3.63) is 0 Å². The molecule has 0 radical (unpaired) electrons. The summed E-state index contributed by atoms with van der Waals surface area (Å²) in [5, 5.41) is 0. The first-order chi connectivity index (χ1) is 6.76. The van der Waals surface area contributed by atoms with E-state index >= 15 is 0 Å². The molecule has 1 aliphatic carbocycles. The molecule has 1 atom stereocenters. The van der Waals surface area contributed by atoms with Crippen molar-refractivity contribution in [3.8, 4) is 0 Å². The molecule has 3 heteroatoms. The van der Waals surface area contributed by atoms with Crippen LogP contribution in [0.2, 0.25) is 0 Å². The first kappa shape index (κ1) is 10.4. The smallest absolute Gasteiger partial charge is 0.0619 e. The van der Waals surface area contributed by atoms with E-state index in [0.29, 0.717) is 11.5 Å². The van der Waals surface area contributed by atoms with Crippen LogP contribution in [0.3, 0.4) is 0 Å². The van der Waals surface area contributed by atoms with Gasteiger partial charge < -0.3 is 9.47 Å². The number of morpholine rings is 1. The minimum atomic E-state index is 0.486. The predicted molar refractivity (Wildman–Crippen MR) is 55.4 cm³/mol. The summed E-state index contributed by atoms with van der Waals surface area (Å²) in [6.45, 7) is 7.26. The van der Waals surface area contributed by atoms with Crippen LogP contribution < -0.4 is 0 Å². The lowest BCUT2D eigenvalue weighted by atomic mass is 10.1. The summed E-state index contributed by atoms with van der Waals surface area (Å²) in [6, 6.07) is 0.582. The average Bonchev–Trinajstić information content (AvgIpc) is 2.90. The Balaban J connectivity index is 1.83. The molecule has 82 valence electrons. The number of hydrogen-bond acceptors (Lipinski definition) is 3. The van der Waals surface area contributed by atoms with Crippen molar-refractivity contribution in [2.24, 2.45) is 5.41 Å². The molecule has 2 rings (SSSR count). The molecule has 2 fully saturated rings. The Morgan fingerprint density at radius 3 is 2.86 bits per heavy atom. The molecular weight excluding hydrogens is 178 g/mol. The molecular formula is C11H21NO2. The van der Waals surface area contributed by atoms with Crippen LogP contribution in [0, 0.1) is 5.41 Å². The zero-order valence-electron chi connectivity index (χ0n) is 9.29. The molecule has 0 aromatic rings. The fraction of sp³-hybridized carbons (Fsp3) is 1.00. The highest BCUT2D eigenvalue weighted by molar-refractivity contribution is 4.96. The van der Waals surface area contributed by atoms with Gasteiger partial charge in [-0.2, -0.15) is 0 Å². The van der Waals surface area contributed by atoms with Crippen molar-refractivity contribution in [1.82, 2.24) is 4.90 Å². The topological polar surface area (TPSA) is 21.7 Å². The fourth-order valence-corrected chi connectivity index (χ4v) is 2.26. The zero-order chi connectivity index (χ0) is 10.0. The Morgan fingerprint density at radius 1 is 1.50 bits per heavy atom. The molecule has 0 aromatic carbocycles. The second kappa shape index (κ2) is 4.17. The van der Waals surface area contributed by atoms with Gasteiger partial charge in [-0.1, -0.05) is 0 Å². The third kappa shape index (κ3) is 2.27. The summed E-state index contributed by atoms with van der Waals surface area (Å²) in [6.07, 6.45) is 2.68. The summed E-state index contributed by atoms with van der Waals surface area (Å²) in [5.74, 6) is 0. The lowest BCUT2D eigenvalue weighted by molar-refractivity contribution is -0.0166. The highest BCUT2D eigenvalue weighted by Gasteiger charge is 2.44. The molecule has 1 aliphatic heterocycles. The first-order valence-electron chi connectivity index (χ1n) is 5.56. The summed E-state index contributed by atoms with van der Waals surface area (Å²) in [5.41, 5.74) is 0.486. The standard InChI is InChI=1S/C11H21NO2/c1-10-7-14-6-5-12(10)8-11(3-4-11)9-13-2/h10H,3-9H2,1-2H3/t10-/m0/s1. The van der Waals surface area contributed by atoms with Crippen LogP contribution in [0.1, 0.15) is 19.8 Å². The number of nitrogens with zero attached hydrogens (tertiary/aromatic N) is 1. The molecule has 0 aromatic heterocycles. The Labute approximate surface area is 86.4 Å². The van der Waals surface area contributed by atoms with E-state index in [1.54, 1.807) is 0 Å². The molecule has 3 nitrogen and oxygen atoms in total. The molecule has 14 heavy (non-hydrogen) atoms. The van der Waals surface area contributed by atoms with E-state index in [0.717, 1.165) is 26.4 Å². The van der Waals surface area contributed by atoms with Gasteiger partial charge >= 0.3 is 0 Å². The van der Waals surface area contributed by atoms with E-state index < -0.39 is 0 Å². The van der Waals surface area contributed by atoms with Crippen LogP contribution in [0.4, 0.5) is 0 Å². The molecule has 0 amide bonds. The minimum absolute atomic E-state index is 0.486. The second-order valence-electron chi connectivity index (χ2n) is 4.83. The third-order valence-electron chi connectivity index (χ3n) is 3.45. The summed E-state index contributed by atoms with van der Waals surface area (Å²) < 4.78 is 10.7. The maximum absolute atomic E-state index is 5.43. The SMILES string of the molecule is COCC1(CN2CCOC[C@@H]2C)CC1. The van der Waals surface area contributed by atoms with E-state index in [1.165, 1.54) is 19.4 Å². The van der Waals surface area contributed by atoms with E-state index in [1.807, 2.05) is 7.11 Å². The van der Waals surface area contributed by atoms with Crippen molar-refractivity contribution < 1.29 is 9.47 Å². The van der Waals surface area contributed by atoms with Crippen molar-refractivity contribution in [1.29, 1.82) is 0 Å². The van der Waals surface area contributed by atoms with Crippen LogP contribution in [-0.2, 0) is 9.47 Å². The predicted octanol–water partition coefficient (Wildman–Crippen LogP) is 1.13. The first-order valence-corrected chi connectivity index (χ1v) is 5.56. The Bertz CT molecular complexity index is 192. The number of hydrogen-bond donors (Lipinski definition) is 0. The van der Waals surface area contributed by atoms with Gasteiger partial charge in [0.1, 0.15) is 0 Å².